The highest BCUT2D eigenvalue weighted by molar-refractivity contribution is 5.86. The average Bonchev–Trinajstić information content (AvgIpc) is 3.26. The highest BCUT2D eigenvalue weighted by Gasteiger charge is 2.30. The molecule has 0 fully saturated rings. The van der Waals surface area contributed by atoms with Crippen LogP contribution in [0.3, 0.4) is 0 Å². The topological polar surface area (TPSA) is 115 Å². The van der Waals surface area contributed by atoms with Gasteiger partial charge in [-0.1, -0.05) is 56.7 Å². The number of amides is 2. The van der Waals surface area contributed by atoms with Crippen LogP contribution in [0.15, 0.2) is 59.4 Å². The Morgan fingerprint density at radius 3 is 2.34 bits per heavy atom. The number of anilines is 1. The van der Waals surface area contributed by atoms with Gasteiger partial charge in [0.1, 0.15) is 6.04 Å². The van der Waals surface area contributed by atoms with Gasteiger partial charge in [-0.3, -0.25) is 14.4 Å². The molecule has 44 heavy (non-hydrogen) atoms. The van der Waals surface area contributed by atoms with E-state index in [-0.39, 0.29) is 23.2 Å². The first kappa shape index (κ1) is 32.4. The summed E-state index contributed by atoms with van der Waals surface area (Å²) < 4.78 is 17.2. The van der Waals surface area contributed by atoms with Crippen molar-refractivity contribution in [2.24, 2.45) is 5.92 Å². The van der Waals surface area contributed by atoms with Crippen molar-refractivity contribution in [3.8, 4) is 28.4 Å². The molecular weight excluding hydrogens is 558 g/mol. The zero-order valence-electron chi connectivity index (χ0n) is 26.4. The number of carbonyl (C=O) groups excluding carboxylic acids is 2. The Morgan fingerprint density at radius 2 is 1.70 bits per heavy atom. The molecule has 0 heterocycles. The summed E-state index contributed by atoms with van der Waals surface area (Å²) in [5.41, 5.74) is 4.25. The van der Waals surface area contributed by atoms with Crippen LogP contribution in [0, 0.1) is 5.92 Å². The third kappa shape index (κ3) is 7.15. The molecule has 1 aliphatic rings. The molecular formula is C35H43N3O6. The summed E-state index contributed by atoms with van der Waals surface area (Å²) in [5, 5.41) is 9.34. The third-order valence-corrected chi connectivity index (χ3v) is 8.28. The Hall–Kier alpha value is -4.53. The van der Waals surface area contributed by atoms with Crippen LogP contribution >= 0.6 is 0 Å². The number of rotatable bonds is 12. The minimum atomic E-state index is -0.622. The van der Waals surface area contributed by atoms with Crippen LogP contribution in [-0.4, -0.2) is 45.7 Å². The van der Waals surface area contributed by atoms with Crippen LogP contribution in [0.25, 0.3) is 11.1 Å². The lowest BCUT2D eigenvalue weighted by atomic mass is 9.95. The number of benzene rings is 2. The normalized spacial score (nSPS) is 15.0. The molecule has 3 atom stereocenters. The van der Waals surface area contributed by atoms with Crippen molar-refractivity contribution in [3.05, 3.63) is 81.5 Å². The number of methoxy groups -OCH3 is 3. The lowest BCUT2D eigenvalue weighted by Gasteiger charge is -2.24. The zero-order chi connectivity index (χ0) is 31.8. The highest BCUT2D eigenvalue weighted by atomic mass is 16.5. The molecule has 234 valence electrons. The molecule has 0 saturated carbocycles. The van der Waals surface area contributed by atoms with Gasteiger partial charge in [0.15, 0.2) is 11.5 Å². The predicted octanol–water partition coefficient (Wildman–Crippen LogP) is 5.05. The fourth-order valence-electron chi connectivity index (χ4n) is 5.78. The molecule has 3 aromatic carbocycles. The Labute approximate surface area is 259 Å². The summed E-state index contributed by atoms with van der Waals surface area (Å²) in [4.78, 5) is 39.5. The minimum Gasteiger partial charge on any atom is -0.493 e. The van der Waals surface area contributed by atoms with Gasteiger partial charge in [-0.05, 0) is 65.6 Å². The van der Waals surface area contributed by atoms with E-state index in [1.54, 1.807) is 33.5 Å². The molecule has 0 saturated heterocycles. The molecule has 3 unspecified atom stereocenters. The summed E-state index contributed by atoms with van der Waals surface area (Å²) >= 11 is 0. The first-order valence-electron chi connectivity index (χ1n) is 15.1. The van der Waals surface area contributed by atoms with Gasteiger partial charge in [0.05, 0.1) is 33.1 Å². The lowest BCUT2D eigenvalue weighted by molar-refractivity contribution is -0.123. The van der Waals surface area contributed by atoms with E-state index in [0.717, 1.165) is 28.7 Å². The van der Waals surface area contributed by atoms with Gasteiger partial charge >= 0.3 is 0 Å². The fraction of sp³-hybridized carbons (Fsp3) is 0.400. The van der Waals surface area contributed by atoms with E-state index in [1.807, 2.05) is 56.3 Å². The van der Waals surface area contributed by atoms with Crippen LogP contribution in [-0.2, 0) is 22.4 Å². The van der Waals surface area contributed by atoms with Gasteiger partial charge in [-0.25, -0.2) is 0 Å². The van der Waals surface area contributed by atoms with Crippen molar-refractivity contribution in [2.75, 3.05) is 33.2 Å². The molecule has 0 spiro atoms. The minimum absolute atomic E-state index is 0.0425. The Kier molecular flexibility index (Phi) is 10.9. The second kappa shape index (κ2) is 14.8. The first-order valence-corrected chi connectivity index (χ1v) is 15.1. The summed E-state index contributed by atoms with van der Waals surface area (Å²) in [6.45, 7) is 5.96. The van der Waals surface area contributed by atoms with Crippen LogP contribution < -0.4 is 35.6 Å². The highest BCUT2D eigenvalue weighted by Crippen LogP contribution is 2.50. The molecule has 0 aliphatic heterocycles. The van der Waals surface area contributed by atoms with Gasteiger partial charge in [0.2, 0.25) is 23.0 Å². The standard InChI is InChI=1S/C35H43N3O6/c1-7-21(2)32(35(41)36-18-17-23-11-9-8-10-12-23)38-28-16-14-25-26(20-29(28)40)27(37-22(3)39)15-13-24-19-30(42-4)33(43-5)34(44-6)31(24)25/h8-12,14,16,19-21,27,32H,7,13,15,17-18H2,1-6H3,(H,36,41)(H,37,39)(H,38,40). The number of hydrogen-bond donors (Lipinski definition) is 3. The van der Waals surface area contributed by atoms with Gasteiger partial charge in [-0.15, -0.1) is 0 Å². The lowest BCUT2D eigenvalue weighted by Crippen LogP contribution is -2.45. The molecule has 9 nitrogen and oxygen atoms in total. The molecule has 0 radical (unpaired) electrons. The maximum absolute atomic E-state index is 13.8. The SMILES string of the molecule is CCC(C)C(Nc1ccc2c(cc1=O)C(NC(C)=O)CCc1cc(OC)c(OC)c(OC)c1-2)C(=O)NCCc1ccccc1. The molecule has 1 aliphatic carbocycles. The van der Waals surface area contributed by atoms with Gasteiger partial charge < -0.3 is 30.2 Å². The second-order valence-corrected chi connectivity index (χ2v) is 11.1. The molecule has 0 aromatic heterocycles. The van der Waals surface area contributed by atoms with E-state index < -0.39 is 12.1 Å². The van der Waals surface area contributed by atoms with E-state index in [0.29, 0.717) is 54.3 Å². The number of carbonyl (C=O) groups is 2. The van der Waals surface area contributed by atoms with Crippen LogP contribution in [0.5, 0.6) is 17.2 Å². The largest absolute Gasteiger partial charge is 0.493 e. The number of nitrogens with one attached hydrogen (secondary N) is 3. The molecule has 0 bridgehead atoms. The molecule has 3 aromatic rings. The summed E-state index contributed by atoms with van der Waals surface area (Å²) in [6, 6.07) is 16.0. The smallest absolute Gasteiger partial charge is 0.242 e. The number of hydrogen-bond acceptors (Lipinski definition) is 7. The van der Waals surface area contributed by atoms with Crippen LogP contribution in [0.2, 0.25) is 0 Å². The molecule has 9 heteroatoms. The maximum atomic E-state index is 13.8. The quantitative estimate of drug-likeness (QED) is 0.266. The number of ether oxygens (including phenoxy) is 3. The summed E-state index contributed by atoms with van der Waals surface area (Å²) in [7, 11) is 4.68. The van der Waals surface area contributed by atoms with Crippen molar-refractivity contribution in [1.29, 1.82) is 0 Å². The third-order valence-electron chi connectivity index (χ3n) is 8.28. The average molecular weight is 602 g/mol. The van der Waals surface area contributed by atoms with Crippen molar-refractivity contribution in [2.45, 2.75) is 58.5 Å². The van der Waals surface area contributed by atoms with E-state index in [1.165, 1.54) is 6.92 Å². The van der Waals surface area contributed by atoms with Gasteiger partial charge in [0.25, 0.3) is 0 Å². The van der Waals surface area contributed by atoms with E-state index >= 15 is 0 Å². The van der Waals surface area contributed by atoms with Crippen molar-refractivity contribution >= 4 is 17.5 Å². The summed E-state index contributed by atoms with van der Waals surface area (Å²) in [6.07, 6.45) is 2.61. The van der Waals surface area contributed by atoms with E-state index in [4.69, 9.17) is 14.2 Å². The van der Waals surface area contributed by atoms with Crippen LogP contribution in [0.4, 0.5) is 5.69 Å². The second-order valence-electron chi connectivity index (χ2n) is 11.1. The Morgan fingerprint density at radius 1 is 0.977 bits per heavy atom. The Bertz CT molecular complexity index is 1540. The Balaban J connectivity index is 1.77. The monoisotopic (exact) mass is 601 g/mol. The van der Waals surface area contributed by atoms with E-state index in [9.17, 15) is 14.4 Å². The fourth-order valence-corrected chi connectivity index (χ4v) is 5.78. The van der Waals surface area contributed by atoms with Gasteiger partial charge in [0, 0.05) is 19.0 Å². The van der Waals surface area contributed by atoms with Crippen LogP contribution in [0.1, 0.15) is 56.3 Å². The molecule has 2 amide bonds. The molecule has 3 N–H and O–H groups in total. The number of aryl methyl sites for hydroxylation is 1. The predicted molar refractivity (Wildman–Crippen MR) is 173 cm³/mol. The maximum Gasteiger partial charge on any atom is 0.242 e. The number of fused-ring (bicyclic) bond motifs is 3. The van der Waals surface area contributed by atoms with Crippen molar-refractivity contribution in [3.63, 3.8) is 0 Å². The van der Waals surface area contributed by atoms with Crippen molar-refractivity contribution < 1.29 is 23.8 Å². The zero-order valence-corrected chi connectivity index (χ0v) is 26.4. The van der Waals surface area contributed by atoms with Gasteiger partial charge in [-0.2, -0.15) is 0 Å². The summed E-state index contributed by atoms with van der Waals surface area (Å²) in [5.74, 6) is 1.05. The van der Waals surface area contributed by atoms with Crippen molar-refractivity contribution in [1.82, 2.24) is 10.6 Å². The first-order chi connectivity index (χ1) is 21.2. The molecule has 4 rings (SSSR count). The van der Waals surface area contributed by atoms with E-state index in [2.05, 4.69) is 16.0 Å².